The number of imide groups is 2. The molecular weight excluding hydrogens is 749 g/mol. The normalized spacial score (nSPS) is 30.7. The van der Waals surface area contributed by atoms with Crippen molar-refractivity contribution in [1.29, 1.82) is 0 Å². The Hall–Kier alpha value is -3.30. The van der Waals surface area contributed by atoms with Gasteiger partial charge in [-0.15, -0.1) is 23.2 Å². The molecule has 3 fully saturated rings. The third-order valence-corrected chi connectivity index (χ3v) is 11.3. The van der Waals surface area contributed by atoms with Gasteiger partial charge in [-0.1, -0.05) is 27.6 Å². The molecule has 2 aromatic rings. The van der Waals surface area contributed by atoms with Crippen LogP contribution in [0.1, 0.15) is 35.4 Å². The van der Waals surface area contributed by atoms with Crippen LogP contribution in [0.2, 0.25) is 0 Å². The zero-order valence-electron chi connectivity index (χ0n) is 24.0. The zero-order chi connectivity index (χ0) is 34.8. The van der Waals surface area contributed by atoms with E-state index < -0.39 is 98.4 Å². The van der Waals surface area contributed by atoms with Gasteiger partial charge >= 0.3 is 12.4 Å². The summed E-state index contributed by atoms with van der Waals surface area (Å²) in [5.74, 6) is -9.81. The summed E-state index contributed by atoms with van der Waals surface area (Å²) in [6, 6.07) is 3.27. The van der Waals surface area contributed by atoms with Gasteiger partial charge in [-0.25, -0.2) is 4.90 Å². The number of aromatic hydroxyl groups is 1. The summed E-state index contributed by atoms with van der Waals surface area (Å²) in [7, 11) is 2.41. The van der Waals surface area contributed by atoms with Gasteiger partial charge in [0.2, 0.25) is 11.8 Å². The first-order valence-electron chi connectivity index (χ1n) is 13.8. The molecule has 2 aromatic carbocycles. The Balaban J connectivity index is 1.53. The van der Waals surface area contributed by atoms with Crippen molar-refractivity contribution in [3.8, 4) is 11.5 Å². The van der Waals surface area contributed by atoms with E-state index in [4.69, 9.17) is 27.9 Å². The van der Waals surface area contributed by atoms with Gasteiger partial charge in [0, 0.05) is 23.0 Å². The Bertz CT molecular complexity index is 1790. The second kappa shape index (κ2) is 10.6. The van der Waals surface area contributed by atoms with Crippen LogP contribution in [0.15, 0.2) is 46.5 Å². The van der Waals surface area contributed by atoms with Gasteiger partial charge in [0.25, 0.3) is 11.8 Å². The fourth-order valence-electron chi connectivity index (χ4n) is 7.38. The number of carbonyl (C=O) groups excluding carboxylic acids is 4. The largest absolute Gasteiger partial charge is 0.504 e. The first-order chi connectivity index (χ1) is 21.7. The van der Waals surface area contributed by atoms with E-state index in [1.54, 1.807) is 0 Å². The average molecular weight is 770 g/mol. The number of rotatable bonds is 3. The maximum atomic E-state index is 14.1. The molecule has 0 radical (unpaired) electrons. The van der Waals surface area contributed by atoms with Crippen molar-refractivity contribution >= 4 is 68.4 Å². The number of carbonyl (C=O) groups is 4. The van der Waals surface area contributed by atoms with Crippen LogP contribution < -0.4 is 9.64 Å². The Kier molecular flexibility index (Phi) is 7.58. The standard InChI is InChI=1S/C30H21BrCl2F6N2O6/c1-40-25(45)27(32)10-18-15(21(28(27,33)26(40)46)17-8-13(31)9-19(47-2)22(17)42)3-4-16-20(18)24(44)41(23(16)43)14-6-11(29(34,35)36)5-12(7-14)30(37,38)39/h3,5-9,16,18,20-21,42H,4,10H2,1-2H3/t16-,18+,20-,21+,27+,28-/m0/s1. The van der Waals surface area contributed by atoms with Crippen molar-refractivity contribution in [3.63, 3.8) is 0 Å². The Morgan fingerprint density at radius 2 is 1.51 bits per heavy atom. The molecule has 2 aliphatic carbocycles. The van der Waals surface area contributed by atoms with E-state index in [0.29, 0.717) is 14.3 Å². The van der Waals surface area contributed by atoms with Gasteiger partial charge in [-0.2, -0.15) is 26.3 Å². The molecule has 0 aromatic heterocycles. The van der Waals surface area contributed by atoms with Crippen LogP contribution >= 0.6 is 39.1 Å². The lowest BCUT2D eigenvalue weighted by Crippen LogP contribution is -2.60. The highest BCUT2D eigenvalue weighted by Gasteiger charge is 2.76. The molecule has 47 heavy (non-hydrogen) atoms. The van der Waals surface area contributed by atoms with Crippen LogP contribution in [0.3, 0.4) is 0 Å². The second-order valence-electron chi connectivity index (χ2n) is 11.8. The third kappa shape index (κ3) is 4.62. The van der Waals surface area contributed by atoms with E-state index in [-0.39, 0.29) is 41.5 Å². The predicted octanol–water partition coefficient (Wildman–Crippen LogP) is 6.39. The van der Waals surface area contributed by atoms with Gasteiger partial charge in [0.05, 0.1) is 35.8 Å². The minimum absolute atomic E-state index is 0.0246. The lowest BCUT2D eigenvalue weighted by atomic mass is 9.56. The minimum atomic E-state index is -5.25. The molecule has 6 rings (SSSR count). The molecular formula is C30H21BrCl2F6N2O6. The number of anilines is 1. The highest BCUT2D eigenvalue weighted by molar-refractivity contribution is 9.10. The fourth-order valence-corrected chi connectivity index (χ4v) is 8.85. The van der Waals surface area contributed by atoms with Crippen LogP contribution in [0, 0.1) is 17.8 Å². The molecule has 2 heterocycles. The lowest BCUT2D eigenvalue weighted by molar-refractivity contribution is -0.143. The van der Waals surface area contributed by atoms with E-state index >= 15 is 0 Å². The Morgan fingerprint density at radius 1 is 0.915 bits per heavy atom. The minimum Gasteiger partial charge on any atom is -0.504 e. The molecule has 1 saturated carbocycles. The van der Waals surface area contributed by atoms with Gasteiger partial charge in [0.15, 0.2) is 21.2 Å². The van der Waals surface area contributed by atoms with Crippen LogP contribution in [0.4, 0.5) is 32.0 Å². The highest BCUT2D eigenvalue weighted by Crippen LogP contribution is 2.66. The first-order valence-corrected chi connectivity index (χ1v) is 15.4. The average Bonchev–Trinajstić information content (AvgIpc) is 3.32. The topological polar surface area (TPSA) is 104 Å². The highest BCUT2D eigenvalue weighted by atomic mass is 79.9. The van der Waals surface area contributed by atoms with Crippen molar-refractivity contribution in [2.75, 3.05) is 19.1 Å². The third-order valence-electron chi connectivity index (χ3n) is 9.45. The van der Waals surface area contributed by atoms with Gasteiger partial charge < -0.3 is 9.84 Å². The molecule has 0 unspecified atom stereocenters. The monoisotopic (exact) mass is 768 g/mol. The van der Waals surface area contributed by atoms with E-state index in [0.717, 1.165) is 7.05 Å². The lowest BCUT2D eigenvalue weighted by Gasteiger charge is -2.50. The molecule has 2 saturated heterocycles. The second-order valence-corrected chi connectivity index (χ2v) is 14.0. The number of alkyl halides is 8. The number of benzene rings is 2. The van der Waals surface area contributed by atoms with E-state index in [1.807, 2.05) is 0 Å². The van der Waals surface area contributed by atoms with Crippen molar-refractivity contribution in [1.82, 2.24) is 4.90 Å². The van der Waals surface area contributed by atoms with Crippen LogP contribution in [0.25, 0.3) is 0 Å². The quantitative estimate of drug-likeness (QED) is 0.168. The summed E-state index contributed by atoms with van der Waals surface area (Å²) in [5, 5.41) is 11.3. The number of fused-ring (bicyclic) bond motifs is 4. The van der Waals surface area contributed by atoms with Crippen LogP contribution in [0.5, 0.6) is 11.5 Å². The summed E-state index contributed by atoms with van der Waals surface area (Å²) in [6.45, 7) is 0. The summed E-state index contributed by atoms with van der Waals surface area (Å²) in [6.07, 6.45) is -9.73. The van der Waals surface area contributed by atoms with Gasteiger partial charge in [-0.3, -0.25) is 24.1 Å². The SMILES string of the molecule is COc1cc(Br)cc([C@H]2C3=CC[C@@H]4C(=O)N(c5cc(C(F)(F)F)cc(C(F)(F)F)c5)C(=O)[C@@H]4[C@@H]3C[C@@]3(Cl)C(=O)N(C)C(=O)[C@@]23Cl)c1O. The molecule has 17 heteroatoms. The first kappa shape index (κ1) is 33.6. The number of halogens is 9. The number of methoxy groups -OCH3 is 1. The summed E-state index contributed by atoms with van der Waals surface area (Å²) < 4.78 is 87.6. The Morgan fingerprint density at radius 3 is 2.06 bits per heavy atom. The number of hydrogen-bond acceptors (Lipinski definition) is 6. The number of likely N-dealkylation sites (tertiary alicyclic amines) is 1. The smallest absolute Gasteiger partial charge is 0.416 e. The number of phenols is 1. The molecule has 4 aliphatic rings. The molecule has 4 amide bonds. The van der Waals surface area contributed by atoms with E-state index in [9.17, 15) is 50.6 Å². The van der Waals surface area contributed by atoms with Crippen molar-refractivity contribution < 1.29 is 55.4 Å². The number of nitrogens with zero attached hydrogens (tertiary/aromatic N) is 2. The van der Waals surface area contributed by atoms with Gasteiger partial charge in [0.1, 0.15) is 0 Å². The molecule has 6 atom stereocenters. The Labute approximate surface area is 280 Å². The zero-order valence-corrected chi connectivity index (χ0v) is 27.1. The molecule has 1 N–H and O–H groups in total. The molecule has 2 aliphatic heterocycles. The fraction of sp³-hybridized carbons (Fsp3) is 0.400. The molecule has 0 bridgehead atoms. The number of phenolic OH excluding ortho intramolecular Hbond substituents is 1. The number of allylic oxidation sites excluding steroid dienone is 2. The van der Waals surface area contributed by atoms with Crippen LogP contribution in [-0.4, -0.2) is 57.5 Å². The van der Waals surface area contributed by atoms with Crippen molar-refractivity contribution in [3.05, 3.63) is 63.1 Å². The predicted molar refractivity (Wildman–Crippen MR) is 157 cm³/mol. The number of ether oxygens (including phenoxy) is 1. The van der Waals surface area contributed by atoms with Crippen molar-refractivity contribution in [2.45, 2.75) is 40.9 Å². The van der Waals surface area contributed by atoms with E-state index in [2.05, 4.69) is 15.9 Å². The van der Waals surface area contributed by atoms with E-state index in [1.165, 1.54) is 25.3 Å². The summed E-state index contributed by atoms with van der Waals surface area (Å²) in [5.41, 5.74) is -4.17. The molecule has 0 spiro atoms. The van der Waals surface area contributed by atoms with Gasteiger partial charge in [-0.05, 0) is 49.1 Å². The summed E-state index contributed by atoms with van der Waals surface area (Å²) in [4.78, 5) is 51.5. The maximum absolute atomic E-state index is 14.1. The number of hydrogen-bond donors (Lipinski definition) is 1. The summed E-state index contributed by atoms with van der Waals surface area (Å²) >= 11 is 17.4. The van der Waals surface area contributed by atoms with Crippen LogP contribution in [-0.2, 0) is 31.5 Å². The maximum Gasteiger partial charge on any atom is 0.416 e. The van der Waals surface area contributed by atoms with Crippen molar-refractivity contribution in [2.24, 2.45) is 17.8 Å². The molecule has 250 valence electrons. The number of amides is 4. The molecule has 8 nitrogen and oxygen atoms in total.